The summed E-state index contributed by atoms with van der Waals surface area (Å²) in [6, 6.07) is 13.6. The van der Waals surface area contributed by atoms with E-state index in [1.807, 2.05) is 19.1 Å². The van der Waals surface area contributed by atoms with Crippen molar-refractivity contribution >= 4 is 32.7 Å². The molecule has 2 aromatic carbocycles. The first-order valence-corrected chi connectivity index (χ1v) is 10.5. The van der Waals surface area contributed by atoms with Gasteiger partial charge in [-0.05, 0) is 32.0 Å². The molecule has 0 saturated carbocycles. The molecule has 8 heteroatoms. The van der Waals surface area contributed by atoms with E-state index in [4.69, 9.17) is 9.15 Å². The molecule has 0 atom stereocenters. The van der Waals surface area contributed by atoms with Gasteiger partial charge in [0.15, 0.2) is 12.4 Å². The normalized spacial score (nSPS) is 11.5. The molecule has 0 aliphatic heterocycles. The highest BCUT2D eigenvalue weighted by Gasteiger charge is 2.19. The van der Waals surface area contributed by atoms with Gasteiger partial charge in [0.25, 0.3) is 0 Å². The predicted molar refractivity (Wildman–Crippen MR) is 107 cm³/mol. The lowest BCUT2D eigenvalue weighted by molar-refractivity contribution is -0.142. The Bertz CT molecular complexity index is 1150. The lowest BCUT2D eigenvalue weighted by Crippen LogP contribution is -2.27. The summed E-state index contributed by atoms with van der Waals surface area (Å²) in [4.78, 5) is 24.3. The molecule has 0 radical (unpaired) electrons. The van der Waals surface area contributed by atoms with Crippen LogP contribution in [0.1, 0.15) is 28.1 Å². The number of sulfonamides is 1. The molecule has 3 aromatic rings. The van der Waals surface area contributed by atoms with E-state index in [0.29, 0.717) is 11.1 Å². The minimum Gasteiger partial charge on any atom is -0.457 e. The van der Waals surface area contributed by atoms with Crippen LogP contribution in [0.3, 0.4) is 0 Å². The highest BCUT2D eigenvalue weighted by molar-refractivity contribution is 7.89. The SMILES string of the molecule is Cc1ccc(S(=O)(=O)NCCC(=O)OCC(=O)c2oc3ccccc3c2C)cc1. The van der Waals surface area contributed by atoms with E-state index in [-0.39, 0.29) is 23.6 Å². The predicted octanol–water partition coefficient (Wildman–Crippen LogP) is 3.14. The minimum atomic E-state index is -3.71. The van der Waals surface area contributed by atoms with Crippen molar-refractivity contribution in [1.82, 2.24) is 4.72 Å². The van der Waals surface area contributed by atoms with Crippen LogP contribution < -0.4 is 4.72 Å². The summed E-state index contributed by atoms with van der Waals surface area (Å²) in [6.45, 7) is 3.02. The standard InChI is InChI=1S/C21H21NO6S/c1-14-7-9-16(10-8-14)29(25,26)22-12-11-20(24)27-13-18(23)21-15(2)17-5-3-4-6-19(17)28-21/h3-10,22H,11-13H2,1-2H3. The Hall–Kier alpha value is -2.97. The quantitative estimate of drug-likeness (QED) is 0.448. The molecule has 1 N–H and O–H groups in total. The number of ketones is 1. The number of Topliss-reactive ketones (excluding diaryl/α,β-unsaturated/α-hetero) is 1. The molecule has 0 aliphatic carbocycles. The summed E-state index contributed by atoms with van der Waals surface area (Å²) in [5.41, 5.74) is 2.22. The fourth-order valence-electron chi connectivity index (χ4n) is 2.81. The zero-order valence-electron chi connectivity index (χ0n) is 16.1. The second kappa shape index (κ2) is 8.59. The van der Waals surface area contributed by atoms with Gasteiger partial charge in [0.1, 0.15) is 5.58 Å². The van der Waals surface area contributed by atoms with Crippen LogP contribution in [0.15, 0.2) is 57.8 Å². The molecule has 152 valence electrons. The molecule has 0 amide bonds. The van der Waals surface area contributed by atoms with Gasteiger partial charge in [0.2, 0.25) is 15.8 Å². The Labute approximate surface area is 168 Å². The molecule has 0 bridgehead atoms. The van der Waals surface area contributed by atoms with Crippen LogP contribution in [0, 0.1) is 13.8 Å². The van der Waals surface area contributed by atoms with Crippen molar-refractivity contribution < 1.29 is 27.2 Å². The molecule has 7 nitrogen and oxygen atoms in total. The lowest BCUT2D eigenvalue weighted by atomic mass is 10.1. The molecular formula is C21H21NO6S. The summed E-state index contributed by atoms with van der Waals surface area (Å²) < 4.78 is 37.2. The topological polar surface area (TPSA) is 103 Å². The molecule has 3 rings (SSSR count). The van der Waals surface area contributed by atoms with Gasteiger partial charge < -0.3 is 9.15 Å². The first-order valence-electron chi connectivity index (χ1n) is 9.01. The van der Waals surface area contributed by atoms with Gasteiger partial charge in [-0.15, -0.1) is 0 Å². The molecule has 0 saturated heterocycles. The first kappa shape index (κ1) is 20.8. The number of hydrogen-bond donors (Lipinski definition) is 1. The van der Waals surface area contributed by atoms with Gasteiger partial charge in [-0.2, -0.15) is 0 Å². The molecule has 0 fully saturated rings. The smallest absolute Gasteiger partial charge is 0.307 e. The largest absolute Gasteiger partial charge is 0.457 e. The minimum absolute atomic E-state index is 0.118. The first-order chi connectivity index (χ1) is 13.8. The maximum atomic E-state index is 12.3. The number of furan rings is 1. The van der Waals surface area contributed by atoms with Gasteiger partial charge in [-0.3, -0.25) is 9.59 Å². The third-order valence-corrected chi connectivity index (χ3v) is 5.89. The Morgan fingerprint density at radius 3 is 2.41 bits per heavy atom. The van der Waals surface area contributed by atoms with Gasteiger partial charge in [0, 0.05) is 17.5 Å². The van der Waals surface area contributed by atoms with Crippen molar-refractivity contribution in [3.05, 3.63) is 65.4 Å². The number of rotatable bonds is 8. The summed E-state index contributed by atoms with van der Waals surface area (Å²) in [6.07, 6.45) is -0.197. The molecule has 29 heavy (non-hydrogen) atoms. The van der Waals surface area contributed by atoms with Crippen LogP contribution in [0.4, 0.5) is 0 Å². The maximum Gasteiger partial charge on any atom is 0.307 e. The van der Waals surface area contributed by atoms with E-state index in [2.05, 4.69) is 4.72 Å². The van der Waals surface area contributed by atoms with Gasteiger partial charge in [-0.25, -0.2) is 13.1 Å². The molecule has 0 aliphatic rings. The summed E-state index contributed by atoms with van der Waals surface area (Å²) in [5.74, 6) is -0.981. The monoisotopic (exact) mass is 415 g/mol. The maximum absolute atomic E-state index is 12.3. The Morgan fingerprint density at radius 2 is 1.72 bits per heavy atom. The van der Waals surface area contributed by atoms with E-state index in [1.54, 1.807) is 31.2 Å². The fourth-order valence-corrected chi connectivity index (χ4v) is 3.84. The van der Waals surface area contributed by atoms with Crippen LogP contribution in [0.5, 0.6) is 0 Å². The number of hydrogen-bond acceptors (Lipinski definition) is 6. The molecule has 1 aromatic heterocycles. The van der Waals surface area contributed by atoms with Crippen LogP contribution in [-0.4, -0.2) is 33.3 Å². The van der Waals surface area contributed by atoms with E-state index in [9.17, 15) is 18.0 Å². The third kappa shape index (κ3) is 4.90. The van der Waals surface area contributed by atoms with Crippen LogP contribution in [0.25, 0.3) is 11.0 Å². The number of fused-ring (bicyclic) bond motifs is 1. The number of ether oxygens (including phenoxy) is 1. The number of benzene rings is 2. The number of para-hydroxylation sites is 1. The van der Waals surface area contributed by atoms with Crippen molar-refractivity contribution in [3.63, 3.8) is 0 Å². The second-order valence-corrected chi connectivity index (χ2v) is 8.36. The van der Waals surface area contributed by atoms with E-state index < -0.39 is 28.4 Å². The van der Waals surface area contributed by atoms with Crippen LogP contribution >= 0.6 is 0 Å². The van der Waals surface area contributed by atoms with Crippen molar-refractivity contribution in [2.75, 3.05) is 13.2 Å². The van der Waals surface area contributed by atoms with Crippen molar-refractivity contribution in [2.24, 2.45) is 0 Å². The van der Waals surface area contributed by atoms with Crippen LogP contribution in [-0.2, 0) is 19.6 Å². The number of carbonyl (C=O) groups excluding carboxylic acids is 2. The molecule has 0 spiro atoms. The van der Waals surface area contributed by atoms with Crippen molar-refractivity contribution in [2.45, 2.75) is 25.2 Å². The fraction of sp³-hybridized carbons (Fsp3) is 0.238. The Balaban J connectivity index is 1.50. The molecular weight excluding hydrogens is 394 g/mol. The average molecular weight is 415 g/mol. The Morgan fingerprint density at radius 1 is 1.03 bits per heavy atom. The summed E-state index contributed by atoms with van der Waals surface area (Å²) in [5, 5.41) is 0.827. The zero-order valence-corrected chi connectivity index (χ0v) is 16.9. The number of esters is 1. The highest BCUT2D eigenvalue weighted by Crippen LogP contribution is 2.25. The van der Waals surface area contributed by atoms with E-state index in [1.165, 1.54) is 12.1 Å². The number of nitrogens with one attached hydrogen (secondary N) is 1. The van der Waals surface area contributed by atoms with Gasteiger partial charge in [0.05, 0.1) is 11.3 Å². The average Bonchev–Trinajstić information content (AvgIpc) is 3.03. The summed E-state index contributed by atoms with van der Waals surface area (Å²) >= 11 is 0. The van der Waals surface area contributed by atoms with Gasteiger partial charge in [-0.1, -0.05) is 35.9 Å². The zero-order chi connectivity index (χ0) is 21.0. The number of carbonyl (C=O) groups is 2. The molecule has 0 unspecified atom stereocenters. The van der Waals surface area contributed by atoms with Crippen LogP contribution in [0.2, 0.25) is 0 Å². The summed E-state index contributed by atoms with van der Waals surface area (Å²) in [7, 11) is -3.71. The van der Waals surface area contributed by atoms with Crippen molar-refractivity contribution in [3.8, 4) is 0 Å². The molecule has 1 heterocycles. The van der Waals surface area contributed by atoms with Gasteiger partial charge >= 0.3 is 5.97 Å². The Kier molecular flexibility index (Phi) is 6.14. The van der Waals surface area contributed by atoms with E-state index >= 15 is 0 Å². The lowest BCUT2D eigenvalue weighted by Gasteiger charge is -2.07. The third-order valence-electron chi connectivity index (χ3n) is 4.41. The highest BCUT2D eigenvalue weighted by atomic mass is 32.2. The second-order valence-electron chi connectivity index (χ2n) is 6.60. The number of aryl methyl sites for hydroxylation is 2. The van der Waals surface area contributed by atoms with E-state index in [0.717, 1.165) is 10.9 Å². The van der Waals surface area contributed by atoms with Crippen molar-refractivity contribution in [1.29, 1.82) is 0 Å².